The molecule has 2 aromatic rings. The van der Waals surface area contributed by atoms with Gasteiger partial charge in [-0.2, -0.15) is 5.26 Å². The summed E-state index contributed by atoms with van der Waals surface area (Å²) >= 11 is 0. The van der Waals surface area contributed by atoms with Gasteiger partial charge in [0, 0.05) is 19.1 Å². The average Bonchev–Trinajstić information content (AvgIpc) is 3.13. The maximum Gasteiger partial charge on any atom is 0.264 e. The maximum absolute atomic E-state index is 13.3. The average molecular weight is 398 g/mol. The Kier molecular flexibility index (Phi) is 5.68. The van der Waals surface area contributed by atoms with Crippen LogP contribution in [0.3, 0.4) is 0 Å². The molecule has 0 unspecified atom stereocenters. The molecule has 0 spiro atoms. The molecule has 1 aliphatic rings. The Labute approximate surface area is 165 Å². The van der Waals surface area contributed by atoms with Gasteiger partial charge >= 0.3 is 0 Å². The van der Waals surface area contributed by atoms with Crippen LogP contribution in [0.25, 0.3) is 0 Å². The van der Waals surface area contributed by atoms with Crippen molar-refractivity contribution in [2.75, 3.05) is 23.9 Å². The number of hydrogen-bond donors (Lipinski definition) is 1. The number of nitrogens with zero attached hydrogens (tertiary/aromatic N) is 3. The number of aryl methyl sites for hydroxylation is 1. The Morgan fingerprint density at radius 1 is 1.21 bits per heavy atom. The summed E-state index contributed by atoms with van der Waals surface area (Å²) in [7, 11) is -3.96. The second kappa shape index (κ2) is 8.00. The number of anilines is 1. The van der Waals surface area contributed by atoms with E-state index in [4.69, 9.17) is 11.0 Å². The number of rotatable bonds is 5. The van der Waals surface area contributed by atoms with Crippen molar-refractivity contribution in [1.82, 2.24) is 4.90 Å². The lowest BCUT2D eigenvalue weighted by atomic mass is 10.2. The Morgan fingerprint density at radius 3 is 2.39 bits per heavy atom. The van der Waals surface area contributed by atoms with Crippen LogP contribution in [0.15, 0.2) is 53.4 Å². The minimum Gasteiger partial charge on any atom is -0.340 e. The van der Waals surface area contributed by atoms with Crippen molar-refractivity contribution in [1.29, 1.82) is 5.26 Å². The lowest BCUT2D eigenvalue weighted by Crippen LogP contribution is -2.43. The van der Waals surface area contributed by atoms with Crippen LogP contribution in [-0.2, 0) is 14.8 Å². The number of sulfonamides is 1. The molecule has 1 atom stereocenters. The number of likely N-dealkylation sites (tertiary alicyclic amines) is 1. The quantitative estimate of drug-likeness (QED) is 0.823. The second-order valence-electron chi connectivity index (χ2n) is 6.87. The highest BCUT2D eigenvalue weighted by molar-refractivity contribution is 7.92. The van der Waals surface area contributed by atoms with Gasteiger partial charge in [-0.25, -0.2) is 8.42 Å². The summed E-state index contributed by atoms with van der Waals surface area (Å²) in [6, 6.07) is 14.5. The summed E-state index contributed by atoms with van der Waals surface area (Å²) in [6.45, 7) is 2.49. The molecule has 1 fully saturated rings. The smallest absolute Gasteiger partial charge is 0.264 e. The van der Waals surface area contributed by atoms with Crippen molar-refractivity contribution < 1.29 is 13.2 Å². The highest BCUT2D eigenvalue weighted by atomic mass is 32.2. The number of carbonyl (C=O) groups excluding carboxylic acids is 1. The van der Waals surface area contributed by atoms with E-state index in [1.165, 1.54) is 36.4 Å². The van der Waals surface area contributed by atoms with Gasteiger partial charge < -0.3 is 10.6 Å². The topological polar surface area (TPSA) is 108 Å². The van der Waals surface area contributed by atoms with Gasteiger partial charge in [-0.3, -0.25) is 9.10 Å². The van der Waals surface area contributed by atoms with Gasteiger partial charge in [-0.05, 0) is 49.7 Å². The summed E-state index contributed by atoms with van der Waals surface area (Å²) in [6.07, 6.45) is 0.702. The molecule has 1 aliphatic heterocycles. The Hall–Kier alpha value is -2.89. The number of hydrogen-bond acceptors (Lipinski definition) is 5. The highest BCUT2D eigenvalue weighted by Crippen LogP contribution is 2.25. The number of carbonyl (C=O) groups is 1. The van der Waals surface area contributed by atoms with E-state index in [2.05, 4.69) is 0 Å². The molecule has 146 valence electrons. The maximum atomic E-state index is 13.3. The molecule has 3 rings (SSSR count). The molecule has 7 nitrogen and oxygen atoms in total. The Bertz CT molecular complexity index is 995. The first-order valence-corrected chi connectivity index (χ1v) is 10.4. The molecule has 28 heavy (non-hydrogen) atoms. The Morgan fingerprint density at radius 2 is 1.86 bits per heavy atom. The van der Waals surface area contributed by atoms with E-state index in [9.17, 15) is 13.2 Å². The van der Waals surface area contributed by atoms with Gasteiger partial charge in [0.1, 0.15) is 6.54 Å². The van der Waals surface area contributed by atoms with Crippen LogP contribution >= 0.6 is 0 Å². The number of nitriles is 1. The van der Waals surface area contributed by atoms with Gasteiger partial charge in [0.15, 0.2) is 0 Å². The molecule has 1 amide bonds. The molecule has 0 bridgehead atoms. The first-order chi connectivity index (χ1) is 13.3. The van der Waals surface area contributed by atoms with Gasteiger partial charge in [0.2, 0.25) is 5.91 Å². The number of benzene rings is 2. The van der Waals surface area contributed by atoms with Crippen molar-refractivity contribution in [3.05, 3.63) is 59.7 Å². The standard InChI is InChI=1S/C20H22N4O3S/c1-15-2-8-19(9-3-15)28(26,27)24(18-6-4-16(12-21)5-7-18)14-20(25)23-11-10-17(22)13-23/h2-9,17H,10-11,13-14,22H2,1H3/t17-/m1/s1. The summed E-state index contributed by atoms with van der Waals surface area (Å²) in [4.78, 5) is 14.4. The SMILES string of the molecule is Cc1ccc(S(=O)(=O)N(CC(=O)N2CC[C@@H](N)C2)c2ccc(C#N)cc2)cc1. The van der Waals surface area contributed by atoms with E-state index in [0.717, 1.165) is 9.87 Å². The summed E-state index contributed by atoms with van der Waals surface area (Å²) in [5.74, 6) is -0.298. The molecule has 0 saturated carbocycles. The third-order valence-electron chi connectivity index (χ3n) is 4.75. The van der Waals surface area contributed by atoms with E-state index >= 15 is 0 Å². The van der Waals surface area contributed by atoms with Crippen molar-refractivity contribution in [2.45, 2.75) is 24.3 Å². The van der Waals surface area contributed by atoms with Crippen LogP contribution in [0.2, 0.25) is 0 Å². The van der Waals surface area contributed by atoms with Crippen molar-refractivity contribution >= 4 is 21.6 Å². The molecule has 0 aliphatic carbocycles. The minimum atomic E-state index is -3.96. The van der Waals surface area contributed by atoms with Crippen molar-refractivity contribution in [2.24, 2.45) is 5.73 Å². The Balaban J connectivity index is 1.97. The molecule has 1 saturated heterocycles. The zero-order valence-electron chi connectivity index (χ0n) is 15.6. The van der Waals surface area contributed by atoms with Crippen molar-refractivity contribution in [3.63, 3.8) is 0 Å². The van der Waals surface area contributed by atoms with Crippen LogP contribution in [0.4, 0.5) is 5.69 Å². The highest BCUT2D eigenvalue weighted by Gasteiger charge is 2.31. The zero-order chi connectivity index (χ0) is 20.3. The zero-order valence-corrected chi connectivity index (χ0v) is 16.4. The third kappa shape index (κ3) is 4.16. The van der Waals surface area contributed by atoms with E-state index in [1.54, 1.807) is 17.0 Å². The van der Waals surface area contributed by atoms with Crippen LogP contribution in [0.5, 0.6) is 0 Å². The van der Waals surface area contributed by atoms with E-state index in [0.29, 0.717) is 30.8 Å². The van der Waals surface area contributed by atoms with Crippen molar-refractivity contribution in [3.8, 4) is 6.07 Å². The fourth-order valence-electron chi connectivity index (χ4n) is 3.09. The van der Waals surface area contributed by atoms with Crippen LogP contribution in [0, 0.1) is 18.3 Å². The lowest BCUT2D eigenvalue weighted by molar-refractivity contribution is -0.128. The number of amides is 1. The molecule has 2 aromatic carbocycles. The largest absolute Gasteiger partial charge is 0.340 e. The first kappa shape index (κ1) is 19.9. The van der Waals surface area contributed by atoms with E-state index < -0.39 is 10.0 Å². The summed E-state index contributed by atoms with van der Waals surface area (Å²) in [5, 5.41) is 8.99. The van der Waals surface area contributed by atoms with Gasteiger partial charge in [-0.15, -0.1) is 0 Å². The monoisotopic (exact) mass is 398 g/mol. The molecule has 0 aromatic heterocycles. The fourth-order valence-corrected chi connectivity index (χ4v) is 4.51. The summed E-state index contributed by atoms with van der Waals surface area (Å²) in [5.41, 5.74) is 7.55. The molecular formula is C20H22N4O3S. The van der Waals surface area contributed by atoms with Crippen LogP contribution in [-0.4, -0.2) is 44.9 Å². The van der Waals surface area contributed by atoms with Gasteiger partial charge in [0.25, 0.3) is 10.0 Å². The molecule has 0 radical (unpaired) electrons. The third-order valence-corrected chi connectivity index (χ3v) is 6.54. The molecule has 8 heteroatoms. The molecular weight excluding hydrogens is 376 g/mol. The van der Waals surface area contributed by atoms with E-state index in [-0.39, 0.29) is 23.4 Å². The summed E-state index contributed by atoms with van der Waals surface area (Å²) < 4.78 is 27.6. The minimum absolute atomic E-state index is 0.0824. The van der Waals surface area contributed by atoms with Crippen LogP contribution in [0.1, 0.15) is 17.5 Å². The predicted octanol–water partition coefficient (Wildman–Crippen LogP) is 1.62. The predicted molar refractivity (Wildman–Crippen MR) is 106 cm³/mol. The van der Waals surface area contributed by atoms with Crippen LogP contribution < -0.4 is 10.0 Å². The molecule has 1 heterocycles. The second-order valence-corrected chi connectivity index (χ2v) is 8.73. The lowest BCUT2D eigenvalue weighted by Gasteiger charge is -2.26. The fraction of sp³-hybridized carbons (Fsp3) is 0.300. The number of nitrogens with two attached hydrogens (primary N) is 1. The van der Waals surface area contributed by atoms with E-state index in [1.807, 2.05) is 13.0 Å². The van der Waals surface area contributed by atoms with Gasteiger partial charge in [-0.1, -0.05) is 17.7 Å². The normalized spacial score (nSPS) is 16.6. The first-order valence-electron chi connectivity index (χ1n) is 8.94. The molecule has 2 N–H and O–H groups in total. The van der Waals surface area contributed by atoms with Gasteiger partial charge in [0.05, 0.1) is 22.2 Å².